The molecule has 1 nitrogen and oxygen atoms in total. The van der Waals surface area contributed by atoms with Gasteiger partial charge >= 0.3 is 0 Å². The normalized spacial score (nSPS) is 12.4. The van der Waals surface area contributed by atoms with E-state index in [4.69, 9.17) is 27.9 Å². The molecule has 0 saturated carbocycles. The summed E-state index contributed by atoms with van der Waals surface area (Å²) in [6.07, 6.45) is 1.78. The second kappa shape index (κ2) is 4.70. The summed E-state index contributed by atoms with van der Waals surface area (Å²) in [6, 6.07) is 0. The molecule has 48 valence electrons. The Kier molecular flexibility index (Phi) is 5.20. The highest BCUT2D eigenvalue weighted by molar-refractivity contribution is 14.1. The molecule has 0 rings (SSSR count). The second-order valence-electron chi connectivity index (χ2n) is 0.971. The molecule has 0 fully saturated rings. The van der Waals surface area contributed by atoms with Crippen molar-refractivity contribution < 1.29 is 4.74 Å². The van der Waals surface area contributed by atoms with Crippen molar-refractivity contribution in [2.24, 2.45) is 0 Å². The molecule has 0 saturated heterocycles. The van der Waals surface area contributed by atoms with Crippen molar-refractivity contribution in [3.63, 3.8) is 0 Å². The third-order valence-electron chi connectivity index (χ3n) is 0.429. The lowest BCUT2D eigenvalue weighted by Gasteiger charge is -2.01. The summed E-state index contributed by atoms with van der Waals surface area (Å²) in [5.74, 6) is 0. The average molecular weight is 267 g/mol. The summed E-state index contributed by atoms with van der Waals surface area (Å²) in [6.45, 7) is 1.85. The van der Waals surface area contributed by atoms with E-state index in [2.05, 4.69) is 0 Å². The lowest BCUT2D eigenvalue weighted by molar-refractivity contribution is 0.274. The number of rotatable bonds is 2. The highest BCUT2D eigenvalue weighted by atomic mass is 127. The van der Waals surface area contributed by atoms with Crippen LogP contribution in [0.1, 0.15) is 6.92 Å². The Bertz CT molecular complexity index is 92.0. The van der Waals surface area contributed by atoms with E-state index in [9.17, 15) is 0 Å². The maximum absolute atomic E-state index is 5.25. The van der Waals surface area contributed by atoms with Crippen molar-refractivity contribution in [2.45, 2.75) is 11.9 Å². The first-order chi connectivity index (χ1) is 3.66. The molecule has 0 radical (unpaired) electrons. The van der Waals surface area contributed by atoms with Gasteiger partial charge in [0, 0.05) is 0 Å². The summed E-state index contributed by atoms with van der Waals surface area (Å²) >= 11 is 12.5. The number of halogens is 3. The van der Waals surface area contributed by atoms with E-state index in [-0.39, 0.29) is 0 Å². The molecule has 0 amide bonds. The predicted octanol–water partition coefficient (Wildman–Crippen LogP) is 3.06. The molecule has 0 N–H and O–H groups in total. The molecule has 0 aromatic heterocycles. The fraction of sp³-hybridized carbons (Fsp3) is 0.500. The lowest BCUT2D eigenvalue weighted by atomic mass is 10.7. The smallest absolute Gasteiger partial charge is 0.248 e. The van der Waals surface area contributed by atoms with E-state index >= 15 is 0 Å². The van der Waals surface area contributed by atoms with Gasteiger partial charge in [-0.3, -0.25) is 0 Å². The minimum absolute atomic E-state index is 0.706. The van der Waals surface area contributed by atoms with E-state index in [0.717, 1.165) is 0 Å². The zero-order chi connectivity index (χ0) is 6.57. The molecule has 0 aliphatic rings. The number of ether oxygens (including phenoxy) is 1. The van der Waals surface area contributed by atoms with E-state index in [0.29, 0.717) is 3.77 Å². The summed E-state index contributed by atoms with van der Waals surface area (Å²) in [7, 11) is 0. The van der Waals surface area contributed by atoms with Gasteiger partial charge in [0.15, 0.2) is 3.77 Å². The quantitative estimate of drug-likeness (QED) is 0.424. The molecule has 0 unspecified atom stereocenters. The first-order valence-electron chi connectivity index (χ1n) is 1.93. The highest BCUT2D eigenvalue weighted by Crippen LogP contribution is 2.14. The molecule has 0 atom stereocenters. The maximum atomic E-state index is 5.25. The number of hydrogen-bond acceptors (Lipinski definition) is 1. The van der Waals surface area contributed by atoms with Crippen LogP contribution in [0.3, 0.4) is 0 Å². The summed E-state index contributed by atoms with van der Waals surface area (Å²) in [5.41, 5.74) is 0. The number of hydrogen-bond donors (Lipinski definition) is 0. The zero-order valence-corrected chi connectivity index (χ0v) is 7.87. The maximum Gasteiger partial charge on any atom is 0.248 e. The van der Waals surface area contributed by atoms with E-state index in [1.165, 1.54) is 0 Å². The molecule has 0 aliphatic carbocycles. The van der Waals surface area contributed by atoms with Crippen LogP contribution in [0.15, 0.2) is 9.84 Å². The molecule has 4 heteroatoms. The fourth-order valence-corrected chi connectivity index (χ4v) is 0.900. The van der Waals surface area contributed by atoms with Crippen LogP contribution in [0.5, 0.6) is 0 Å². The van der Waals surface area contributed by atoms with Gasteiger partial charge in [-0.2, -0.15) is 0 Å². The first-order valence-corrected chi connectivity index (χ1v) is 3.88. The van der Waals surface area contributed by atoms with Gasteiger partial charge in [0.05, 0.1) is 0 Å². The SMILES string of the molecule is C/C=C(/I)OC(Cl)Cl. The Morgan fingerprint density at radius 3 is 2.38 bits per heavy atom. The number of allylic oxidation sites excluding steroid dienone is 1. The van der Waals surface area contributed by atoms with Gasteiger partial charge in [0.25, 0.3) is 0 Å². The van der Waals surface area contributed by atoms with Crippen LogP contribution in [0.2, 0.25) is 0 Å². The van der Waals surface area contributed by atoms with Crippen LogP contribution < -0.4 is 0 Å². The molecule has 0 spiro atoms. The Balaban J connectivity index is 3.39. The van der Waals surface area contributed by atoms with Crippen LogP contribution in [0.4, 0.5) is 0 Å². The fourth-order valence-electron chi connectivity index (χ4n) is 0.153. The van der Waals surface area contributed by atoms with Crippen molar-refractivity contribution in [3.05, 3.63) is 9.84 Å². The Labute approximate surface area is 72.1 Å². The van der Waals surface area contributed by atoms with E-state index in [1.807, 2.05) is 29.5 Å². The molecule has 8 heavy (non-hydrogen) atoms. The van der Waals surface area contributed by atoms with Gasteiger partial charge in [-0.15, -0.1) is 0 Å². The predicted molar refractivity (Wildman–Crippen MR) is 44.4 cm³/mol. The van der Waals surface area contributed by atoms with Crippen LogP contribution in [0, 0.1) is 0 Å². The lowest BCUT2D eigenvalue weighted by Crippen LogP contribution is -1.89. The molecule has 0 aromatic carbocycles. The molecular weight excluding hydrogens is 262 g/mol. The van der Waals surface area contributed by atoms with Crippen LogP contribution in [-0.4, -0.2) is 5.02 Å². The molecular formula is C4H5Cl2IO. The zero-order valence-electron chi connectivity index (χ0n) is 4.20. The molecule has 0 bridgehead atoms. The van der Waals surface area contributed by atoms with Gasteiger partial charge in [-0.25, -0.2) is 0 Å². The van der Waals surface area contributed by atoms with Gasteiger partial charge in [0.1, 0.15) is 0 Å². The summed E-state index contributed by atoms with van der Waals surface area (Å²) in [5, 5.41) is -0.752. The number of alkyl halides is 2. The second-order valence-corrected chi connectivity index (χ2v) is 3.05. The largest absolute Gasteiger partial charge is 0.455 e. The Morgan fingerprint density at radius 1 is 1.75 bits per heavy atom. The topological polar surface area (TPSA) is 9.23 Å². The van der Waals surface area contributed by atoms with Crippen molar-refractivity contribution in [1.82, 2.24) is 0 Å². The van der Waals surface area contributed by atoms with Crippen molar-refractivity contribution >= 4 is 45.8 Å². The summed E-state index contributed by atoms with van der Waals surface area (Å²) < 4.78 is 5.48. The van der Waals surface area contributed by atoms with E-state index in [1.54, 1.807) is 6.08 Å². The third-order valence-corrected chi connectivity index (χ3v) is 1.48. The van der Waals surface area contributed by atoms with E-state index < -0.39 is 5.02 Å². The van der Waals surface area contributed by atoms with Crippen LogP contribution >= 0.6 is 45.8 Å². The highest BCUT2D eigenvalue weighted by Gasteiger charge is 1.97. The van der Waals surface area contributed by atoms with Crippen molar-refractivity contribution in [3.8, 4) is 0 Å². The minimum Gasteiger partial charge on any atom is -0.455 e. The van der Waals surface area contributed by atoms with Gasteiger partial charge < -0.3 is 4.74 Å². The van der Waals surface area contributed by atoms with Gasteiger partial charge in [0.2, 0.25) is 5.02 Å². The molecule has 0 aliphatic heterocycles. The third kappa shape index (κ3) is 5.00. The van der Waals surface area contributed by atoms with Gasteiger partial charge in [-0.05, 0) is 35.6 Å². The molecule has 0 heterocycles. The Morgan fingerprint density at radius 2 is 2.25 bits per heavy atom. The average Bonchev–Trinajstić information content (AvgIpc) is 1.65. The first kappa shape index (κ1) is 8.85. The standard InChI is InChI=1S/C4H5Cl2IO/c1-2-3(7)8-4(5)6/h2,4H,1H3/b3-2-. The summed E-state index contributed by atoms with van der Waals surface area (Å²) in [4.78, 5) is 0. The van der Waals surface area contributed by atoms with Crippen LogP contribution in [0.25, 0.3) is 0 Å². The van der Waals surface area contributed by atoms with Gasteiger partial charge in [-0.1, -0.05) is 23.2 Å². The van der Waals surface area contributed by atoms with Crippen molar-refractivity contribution in [1.29, 1.82) is 0 Å². The Hall–Kier alpha value is 0.850. The van der Waals surface area contributed by atoms with Crippen LogP contribution in [-0.2, 0) is 4.74 Å². The van der Waals surface area contributed by atoms with Crippen molar-refractivity contribution in [2.75, 3.05) is 0 Å². The minimum atomic E-state index is -0.752. The molecule has 0 aromatic rings. The monoisotopic (exact) mass is 266 g/mol.